The average Bonchev–Trinajstić information content (AvgIpc) is 2.69. The Kier molecular flexibility index (Phi) is 4.71. The summed E-state index contributed by atoms with van der Waals surface area (Å²) in [6.45, 7) is 2.83. The molecule has 8 nitrogen and oxygen atoms in total. The summed E-state index contributed by atoms with van der Waals surface area (Å²) in [5.74, 6) is -0.680. The van der Waals surface area contributed by atoms with Crippen LogP contribution in [0.5, 0.6) is 0 Å². The van der Waals surface area contributed by atoms with Gasteiger partial charge in [0.25, 0.3) is 5.91 Å². The first kappa shape index (κ1) is 17.5. The fraction of sp³-hybridized carbons (Fsp3) is 0.722. The van der Waals surface area contributed by atoms with E-state index < -0.39 is 5.97 Å². The number of carbonyl (C=O) groups is 2. The minimum absolute atomic E-state index is 0.0101. The minimum Gasteiger partial charge on any atom is -0.480 e. The molecule has 26 heavy (non-hydrogen) atoms. The number of aliphatic carboxylic acids is 1. The summed E-state index contributed by atoms with van der Waals surface area (Å²) in [6, 6.07) is -0.122. The van der Waals surface area contributed by atoms with Gasteiger partial charge in [0.1, 0.15) is 5.69 Å². The van der Waals surface area contributed by atoms with Crippen molar-refractivity contribution in [2.75, 3.05) is 39.4 Å². The fourth-order valence-electron chi connectivity index (χ4n) is 4.59. The van der Waals surface area contributed by atoms with E-state index in [4.69, 9.17) is 9.84 Å². The molecule has 2 saturated heterocycles. The highest BCUT2D eigenvalue weighted by Crippen LogP contribution is 2.27. The van der Waals surface area contributed by atoms with Gasteiger partial charge in [-0.25, -0.2) is 0 Å². The summed E-state index contributed by atoms with van der Waals surface area (Å²) in [5.41, 5.74) is 2.87. The van der Waals surface area contributed by atoms with Crippen LogP contribution in [-0.2, 0) is 29.4 Å². The number of aryl methyl sites for hydroxylation is 2. The number of fused-ring (bicyclic) bond motifs is 4. The number of carboxylic acid groups (broad SMARTS) is 1. The van der Waals surface area contributed by atoms with Gasteiger partial charge in [-0.15, -0.1) is 0 Å². The summed E-state index contributed by atoms with van der Waals surface area (Å²) in [6.07, 6.45) is 4.08. The van der Waals surface area contributed by atoms with E-state index in [-0.39, 0.29) is 24.4 Å². The summed E-state index contributed by atoms with van der Waals surface area (Å²) in [4.78, 5) is 28.4. The second-order valence-corrected chi connectivity index (χ2v) is 7.71. The van der Waals surface area contributed by atoms with Crippen molar-refractivity contribution in [3.8, 4) is 0 Å². The molecular formula is C18H26N4O4. The number of carbonyl (C=O) groups excluding carboxylic acids is 1. The van der Waals surface area contributed by atoms with Crippen molar-refractivity contribution in [2.24, 2.45) is 13.0 Å². The normalized spacial score (nSPS) is 26.3. The molecule has 1 aromatic heterocycles. The van der Waals surface area contributed by atoms with Gasteiger partial charge in [-0.1, -0.05) is 0 Å². The van der Waals surface area contributed by atoms with Gasteiger partial charge < -0.3 is 14.7 Å². The molecule has 0 aromatic carbocycles. The number of hydrogen-bond donors (Lipinski definition) is 1. The van der Waals surface area contributed by atoms with E-state index in [1.54, 1.807) is 4.68 Å². The van der Waals surface area contributed by atoms with Crippen LogP contribution in [0.25, 0.3) is 0 Å². The molecule has 0 unspecified atom stereocenters. The van der Waals surface area contributed by atoms with Gasteiger partial charge in [0.15, 0.2) is 0 Å². The van der Waals surface area contributed by atoms with Crippen LogP contribution in [-0.4, -0.2) is 82.0 Å². The van der Waals surface area contributed by atoms with Crippen LogP contribution >= 0.6 is 0 Å². The van der Waals surface area contributed by atoms with Gasteiger partial charge in [-0.3, -0.25) is 19.2 Å². The maximum atomic E-state index is 13.5. The van der Waals surface area contributed by atoms with Gasteiger partial charge in [-0.2, -0.15) is 5.10 Å². The molecule has 2 aliphatic heterocycles. The van der Waals surface area contributed by atoms with Crippen LogP contribution in [0.1, 0.15) is 34.6 Å². The zero-order valence-electron chi connectivity index (χ0n) is 15.2. The van der Waals surface area contributed by atoms with E-state index in [1.807, 2.05) is 16.8 Å². The number of ether oxygens (including phenoxy) is 1. The van der Waals surface area contributed by atoms with Crippen LogP contribution in [0.4, 0.5) is 0 Å². The highest BCUT2D eigenvalue weighted by Gasteiger charge is 2.38. The first-order chi connectivity index (χ1) is 12.5. The molecule has 2 atom stereocenters. The van der Waals surface area contributed by atoms with E-state index in [2.05, 4.69) is 5.10 Å². The monoisotopic (exact) mass is 362 g/mol. The SMILES string of the molecule is Cn1nc2c(c1C(=O)N1C[C@H]3COC[C@@H]1CN(CC(=O)O)C3)CCCC2. The lowest BCUT2D eigenvalue weighted by molar-refractivity contribution is -0.138. The average molecular weight is 362 g/mol. The number of nitrogens with zero attached hydrogens (tertiary/aromatic N) is 4. The zero-order valence-corrected chi connectivity index (χ0v) is 15.2. The van der Waals surface area contributed by atoms with Crippen molar-refractivity contribution in [1.82, 2.24) is 19.6 Å². The molecule has 3 aliphatic rings. The summed E-state index contributed by atoms with van der Waals surface area (Å²) in [5, 5.41) is 13.7. The van der Waals surface area contributed by atoms with E-state index in [9.17, 15) is 9.59 Å². The van der Waals surface area contributed by atoms with Crippen molar-refractivity contribution in [2.45, 2.75) is 31.7 Å². The third-order valence-corrected chi connectivity index (χ3v) is 5.69. The smallest absolute Gasteiger partial charge is 0.317 e. The van der Waals surface area contributed by atoms with E-state index in [0.717, 1.165) is 36.9 Å². The van der Waals surface area contributed by atoms with Crippen LogP contribution in [0, 0.1) is 5.92 Å². The largest absolute Gasteiger partial charge is 0.480 e. The zero-order chi connectivity index (χ0) is 18.3. The van der Waals surface area contributed by atoms with E-state index >= 15 is 0 Å². The standard InChI is InChI=1S/C18H26N4O4/c1-20-17(14-4-2-3-5-15(14)19-20)18(25)22-7-12-6-21(9-16(23)24)8-13(22)11-26-10-12/h12-13H,2-11H2,1H3,(H,23,24)/t12-,13-/m0/s1. The summed E-state index contributed by atoms with van der Waals surface area (Å²) < 4.78 is 7.50. The molecule has 2 fully saturated rings. The Bertz CT molecular complexity index is 716. The number of hydrogen-bond acceptors (Lipinski definition) is 5. The van der Waals surface area contributed by atoms with E-state index in [0.29, 0.717) is 38.5 Å². The maximum Gasteiger partial charge on any atom is 0.317 e. The van der Waals surface area contributed by atoms with E-state index in [1.165, 1.54) is 0 Å². The molecule has 3 heterocycles. The molecule has 1 N–H and O–H groups in total. The molecule has 8 heteroatoms. The number of rotatable bonds is 3. The van der Waals surface area contributed by atoms with Crippen LogP contribution in [0.3, 0.4) is 0 Å². The second kappa shape index (κ2) is 7.00. The molecule has 142 valence electrons. The van der Waals surface area contributed by atoms with Crippen molar-refractivity contribution in [1.29, 1.82) is 0 Å². The van der Waals surface area contributed by atoms with Gasteiger partial charge in [-0.05, 0) is 25.7 Å². The van der Waals surface area contributed by atoms with Crippen LogP contribution in [0.15, 0.2) is 0 Å². The van der Waals surface area contributed by atoms with Crippen molar-refractivity contribution >= 4 is 11.9 Å². The Balaban J connectivity index is 1.62. The first-order valence-corrected chi connectivity index (χ1v) is 9.40. The predicted octanol–water partition coefficient (Wildman–Crippen LogP) is 0.156. The van der Waals surface area contributed by atoms with Gasteiger partial charge in [0, 0.05) is 38.2 Å². The number of aromatic nitrogens is 2. The summed E-state index contributed by atoms with van der Waals surface area (Å²) in [7, 11) is 1.85. The molecule has 1 aliphatic carbocycles. The van der Waals surface area contributed by atoms with Gasteiger partial charge in [0.2, 0.25) is 0 Å². The number of amides is 1. The molecule has 4 rings (SSSR count). The Morgan fingerprint density at radius 2 is 2.00 bits per heavy atom. The minimum atomic E-state index is -0.829. The van der Waals surface area contributed by atoms with Crippen molar-refractivity contribution < 1.29 is 19.4 Å². The quantitative estimate of drug-likeness (QED) is 0.824. The number of carboxylic acids is 1. The second-order valence-electron chi connectivity index (χ2n) is 7.71. The molecular weight excluding hydrogens is 336 g/mol. The van der Waals surface area contributed by atoms with Crippen molar-refractivity contribution in [3.05, 3.63) is 17.0 Å². The maximum absolute atomic E-state index is 13.5. The lowest BCUT2D eigenvalue weighted by Crippen LogP contribution is -2.48. The molecule has 2 bridgehead atoms. The predicted molar refractivity (Wildman–Crippen MR) is 93.1 cm³/mol. The highest BCUT2D eigenvalue weighted by molar-refractivity contribution is 5.94. The molecule has 1 amide bonds. The Morgan fingerprint density at radius 3 is 2.81 bits per heavy atom. The Labute approximate surface area is 152 Å². The molecule has 0 spiro atoms. The third kappa shape index (κ3) is 3.23. The molecule has 0 saturated carbocycles. The lowest BCUT2D eigenvalue weighted by Gasteiger charge is -2.30. The molecule has 0 radical (unpaired) electrons. The topological polar surface area (TPSA) is 87.9 Å². The van der Waals surface area contributed by atoms with Gasteiger partial charge >= 0.3 is 5.97 Å². The molecule has 1 aromatic rings. The summed E-state index contributed by atoms with van der Waals surface area (Å²) >= 11 is 0. The Morgan fingerprint density at radius 1 is 1.19 bits per heavy atom. The fourth-order valence-corrected chi connectivity index (χ4v) is 4.59. The van der Waals surface area contributed by atoms with Crippen LogP contribution in [0.2, 0.25) is 0 Å². The highest BCUT2D eigenvalue weighted by atomic mass is 16.5. The van der Waals surface area contributed by atoms with Crippen LogP contribution < -0.4 is 0 Å². The Hall–Kier alpha value is -1.93. The van der Waals surface area contributed by atoms with Crippen molar-refractivity contribution in [3.63, 3.8) is 0 Å². The lowest BCUT2D eigenvalue weighted by atomic mass is 9.95. The third-order valence-electron chi connectivity index (χ3n) is 5.69. The first-order valence-electron chi connectivity index (χ1n) is 9.40. The van der Waals surface area contributed by atoms with Gasteiger partial charge in [0.05, 0.1) is 31.5 Å².